The smallest absolute Gasteiger partial charge is 0.203 e. The van der Waals surface area contributed by atoms with E-state index in [2.05, 4.69) is 22.6 Å². The molecule has 0 aliphatic heterocycles. The lowest BCUT2D eigenvalue weighted by molar-refractivity contribution is 0.456. The van der Waals surface area contributed by atoms with Gasteiger partial charge in [-0.3, -0.25) is 0 Å². The van der Waals surface area contributed by atoms with Crippen LogP contribution < -0.4 is 0 Å². The zero-order valence-corrected chi connectivity index (χ0v) is 9.11. The molecule has 0 aliphatic rings. The van der Waals surface area contributed by atoms with E-state index in [1.54, 1.807) is 12.5 Å². The Bertz CT molecular complexity index is 518. The van der Waals surface area contributed by atoms with Gasteiger partial charge >= 0.3 is 0 Å². The quantitative estimate of drug-likeness (QED) is 0.646. The first-order valence-electron chi connectivity index (χ1n) is 4.04. The molecule has 0 atom stereocenters. The van der Waals surface area contributed by atoms with Gasteiger partial charge in [0.2, 0.25) is 5.75 Å². The molecule has 0 spiro atoms. The number of hydrogen-bond donors (Lipinski definition) is 1. The average molecular weight is 300 g/mol. The third kappa shape index (κ3) is 0.863. The molecule has 0 bridgehead atoms. The van der Waals surface area contributed by atoms with Gasteiger partial charge in [0, 0.05) is 14.3 Å². The average Bonchev–Trinajstić information content (AvgIpc) is 2.82. The van der Waals surface area contributed by atoms with Crippen molar-refractivity contribution in [1.29, 1.82) is 0 Å². The lowest BCUT2D eigenvalue weighted by Crippen LogP contribution is -1.76. The van der Waals surface area contributed by atoms with Crippen LogP contribution in [0.25, 0.3) is 21.9 Å². The van der Waals surface area contributed by atoms with Crippen molar-refractivity contribution in [2.24, 2.45) is 0 Å². The summed E-state index contributed by atoms with van der Waals surface area (Å²) >= 11 is 2.22. The highest BCUT2D eigenvalue weighted by molar-refractivity contribution is 14.1. The summed E-state index contributed by atoms with van der Waals surface area (Å²) in [6, 6.07) is 3.67. The zero-order valence-electron chi connectivity index (χ0n) is 6.95. The van der Waals surface area contributed by atoms with Crippen molar-refractivity contribution in [3.63, 3.8) is 0 Å². The number of phenolic OH excluding ortho intramolecular Hbond substituents is 1. The molecular weight excluding hydrogens is 295 g/mol. The highest BCUT2D eigenvalue weighted by atomic mass is 127. The van der Waals surface area contributed by atoms with Crippen molar-refractivity contribution in [1.82, 2.24) is 0 Å². The van der Waals surface area contributed by atoms with E-state index < -0.39 is 0 Å². The standard InChI is InChI=1S/C10H5IO3/c11-7-5-1-3-13-9(5)8(12)10-6(7)2-4-14-10/h1-4,12H. The van der Waals surface area contributed by atoms with Crippen molar-refractivity contribution in [2.75, 3.05) is 0 Å². The Hall–Kier alpha value is -1.17. The van der Waals surface area contributed by atoms with Crippen molar-refractivity contribution in [2.45, 2.75) is 0 Å². The second kappa shape index (κ2) is 2.66. The van der Waals surface area contributed by atoms with Crippen LogP contribution in [0.3, 0.4) is 0 Å². The molecule has 2 aromatic heterocycles. The van der Waals surface area contributed by atoms with Gasteiger partial charge < -0.3 is 13.9 Å². The van der Waals surface area contributed by atoms with Gasteiger partial charge in [0.25, 0.3) is 0 Å². The van der Waals surface area contributed by atoms with Crippen LogP contribution in [0, 0.1) is 3.57 Å². The molecule has 1 N–H and O–H groups in total. The lowest BCUT2D eigenvalue weighted by atomic mass is 10.2. The summed E-state index contributed by atoms with van der Waals surface area (Å²) in [4.78, 5) is 0. The summed E-state index contributed by atoms with van der Waals surface area (Å²) in [6.45, 7) is 0. The van der Waals surface area contributed by atoms with Crippen LogP contribution in [0.15, 0.2) is 33.5 Å². The van der Waals surface area contributed by atoms with Crippen LogP contribution in [0.1, 0.15) is 0 Å². The molecule has 3 rings (SSSR count). The lowest BCUT2D eigenvalue weighted by Gasteiger charge is -1.98. The van der Waals surface area contributed by atoms with E-state index in [0.717, 1.165) is 14.3 Å². The van der Waals surface area contributed by atoms with Gasteiger partial charge in [-0.25, -0.2) is 0 Å². The molecule has 14 heavy (non-hydrogen) atoms. The van der Waals surface area contributed by atoms with Crippen LogP contribution >= 0.6 is 22.6 Å². The van der Waals surface area contributed by atoms with Gasteiger partial charge in [0.15, 0.2) is 11.2 Å². The number of benzene rings is 1. The molecule has 0 saturated heterocycles. The second-order valence-corrected chi connectivity index (χ2v) is 4.07. The summed E-state index contributed by atoms with van der Waals surface area (Å²) in [7, 11) is 0. The fraction of sp³-hybridized carbons (Fsp3) is 0. The number of phenols is 1. The van der Waals surface area contributed by atoms with Crippen molar-refractivity contribution in [3.8, 4) is 5.75 Å². The fourth-order valence-corrected chi connectivity index (χ4v) is 2.43. The molecule has 3 nitrogen and oxygen atoms in total. The molecule has 2 heterocycles. The van der Waals surface area contributed by atoms with Crippen molar-refractivity contribution in [3.05, 3.63) is 28.2 Å². The van der Waals surface area contributed by atoms with E-state index in [9.17, 15) is 5.11 Å². The fourth-order valence-electron chi connectivity index (χ4n) is 1.58. The van der Waals surface area contributed by atoms with Crippen molar-refractivity contribution < 1.29 is 13.9 Å². The highest BCUT2D eigenvalue weighted by Crippen LogP contribution is 2.38. The first-order valence-corrected chi connectivity index (χ1v) is 5.12. The van der Waals surface area contributed by atoms with Crippen LogP contribution in [-0.4, -0.2) is 5.11 Å². The zero-order chi connectivity index (χ0) is 9.71. The van der Waals surface area contributed by atoms with E-state index in [0.29, 0.717) is 11.2 Å². The summed E-state index contributed by atoms with van der Waals surface area (Å²) in [5.74, 6) is 0.0745. The van der Waals surface area contributed by atoms with Crippen LogP contribution in [0.5, 0.6) is 5.75 Å². The molecule has 0 unspecified atom stereocenters. The van der Waals surface area contributed by atoms with Gasteiger partial charge in [-0.1, -0.05) is 0 Å². The van der Waals surface area contributed by atoms with Crippen LogP contribution in [0.2, 0.25) is 0 Å². The third-order valence-electron chi connectivity index (χ3n) is 2.23. The molecule has 1 aromatic carbocycles. The van der Waals surface area contributed by atoms with Crippen LogP contribution in [0.4, 0.5) is 0 Å². The monoisotopic (exact) mass is 300 g/mol. The molecule has 70 valence electrons. The van der Waals surface area contributed by atoms with Gasteiger partial charge in [-0.2, -0.15) is 0 Å². The van der Waals surface area contributed by atoms with Crippen molar-refractivity contribution >= 4 is 44.5 Å². The predicted molar refractivity (Wildman–Crippen MR) is 60.4 cm³/mol. The molecule has 0 fully saturated rings. The molecule has 0 aliphatic carbocycles. The number of rotatable bonds is 0. The highest BCUT2D eigenvalue weighted by Gasteiger charge is 2.15. The van der Waals surface area contributed by atoms with E-state index >= 15 is 0 Å². The van der Waals surface area contributed by atoms with Gasteiger partial charge in [0.05, 0.1) is 12.5 Å². The Labute approximate surface area is 92.4 Å². The summed E-state index contributed by atoms with van der Waals surface area (Å²) in [5.41, 5.74) is 0.966. The minimum atomic E-state index is 0.0745. The maximum atomic E-state index is 9.82. The SMILES string of the molecule is Oc1c2occc2c(I)c2ccoc12. The Kier molecular flexibility index (Phi) is 1.55. The first-order chi connectivity index (χ1) is 6.79. The Balaban J connectivity index is 2.72. The summed E-state index contributed by atoms with van der Waals surface area (Å²) in [5, 5.41) is 11.6. The van der Waals surface area contributed by atoms with Gasteiger partial charge in [-0.15, -0.1) is 0 Å². The van der Waals surface area contributed by atoms with Crippen LogP contribution in [-0.2, 0) is 0 Å². The minimum Gasteiger partial charge on any atom is -0.502 e. The molecule has 0 amide bonds. The van der Waals surface area contributed by atoms with E-state index in [-0.39, 0.29) is 5.75 Å². The number of furan rings is 2. The summed E-state index contributed by atoms with van der Waals surface area (Å²) in [6.07, 6.45) is 3.12. The van der Waals surface area contributed by atoms with E-state index in [1.807, 2.05) is 12.1 Å². The topological polar surface area (TPSA) is 46.5 Å². The third-order valence-corrected chi connectivity index (χ3v) is 3.40. The maximum Gasteiger partial charge on any atom is 0.203 e. The normalized spacial score (nSPS) is 11.5. The first kappa shape index (κ1) is 8.16. The van der Waals surface area contributed by atoms with E-state index in [1.165, 1.54) is 0 Å². The van der Waals surface area contributed by atoms with Gasteiger partial charge in [-0.05, 0) is 34.7 Å². The largest absolute Gasteiger partial charge is 0.502 e. The Morgan fingerprint density at radius 2 is 1.50 bits per heavy atom. The number of halogens is 1. The minimum absolute atomic E-state index is 0.0745. The second-order valence-electron chi connectivity index (χ2n) is 2.99. The summed E-state index contributed by atoms with van der Waals surface area (Å²) < 4.78 is 11.4. The van der Waals surface area contributed by atoms with E-state index in [4.69, 9.17) is 8.83 Å². The molecule has 0 radical (unpaired) electrons. The van der Waals surface area contributed by atoms with Gasteiger partial charge in [0.1, 0.15) is 0 Å². The number of hydrogen-bond acceptors (Lipinski definition) is 3. The number of fused-ring (bicyclic) bond motifs is 2. The molecular formula is C10H5IO3. The Morgan fingerprint density at radius 3 is 2.00 bits per heavy atom. The predicted octanol–water partition coefficient (Wildman–Crippen LogP) is 3.49. The molecule has 4 heteroatoms. The number of aromatic hydroxyl groups is 1. The molecule has 0 saturated carbocycles. The maximum absolute atomic E-state index is 9.82. The molecule has 3 aromatic rings. The Morgan fingerprint density at radius 1 is 1.00 bits per heavy atom.